The molecule has 0 saturated carbocycles. The fourth-order valence-corrected chi connectivity index (χ4v) is 1.42. The van der Waals surface area contributed by atoms with Gasteiger partial charge in [0.15, 0.2) is 0 Å². The summed E-state index contributed by atoms with van der Waals surface area (Å²) in [6, 6.07) is 5.37. The third-order valence-electron chi connectivity index (χ3n) is 2.27. The number of rotatable bonds is 2. The molecule has 0 spiro atoms. The first-order valence-electron chi connectivity index (χ1n) is 4.89. The predicted molar refractivity (Wildman–Crippen MR) is 53.5 cm³/mol. The molecule has 0 N–H and O–H groups in total. The Bertz CT molecular complexity index is 544. The maximum absolute atomic E-state index is 12.5. The Labute approximate surface area is 98.7 Å². The van der Waals surface area contributed by atoms with Crippen molar-refractivity contribution < 1.29 is 22.0 Å². The summed E-state index contributed by atoms with van der Waals surface area (Å²) in [5.41, 5.74) is -1.25. The van der Waals surface area contributed by atoms with Gasteiger partial charge in [0.05, 0.1) is 11.3 Å². The molecule has 1 aromatic carbocycles. The highest BCUT2D eigenvalue weighted by atomic mass is 19.4. The quantitative estimate of drug-likeness (QED) is 0.752. The normalized spacial score (nSPS) is 12.1. The summed E-state index contributed by atoms with van der Waals surface area (Å²) in [7, 11) is 0. The Hall–Kier alpha value is -1.92. The molecule has 0 bridgehead atoms. The summed E-state index contributed by atoms with van der Waals surface area (Å²) in [5.74, 6) is 0. The highest BCUT2D eigenvalue weighted by Crippen LogP contribution is 2.30. The first kappa shape index (κ1) is 12.5. The highest BCUT2D eigenvalue weighted by molar-refractivity contribution is 5.36. The molecular formula is C11H7F5N2. The van der Waals surface area contributed by atoms with Gasteiger partial charge in [0.25, 0.3) is 6.43 Å². The predicted octanol–water partition coefficient (Wildman–Crippen LogP) is 3.83. The number of nitrogens with zero attached hydrogens (tertiary/aromatic N) is 2. The summed E-state index contributed by atoms with van der Waals surface area (Å²) in [4.78, 5) is 0. The van der Waals surface area contributed by atoms with Crippen LogP contribution in [0.5, 0.6) is 0 Å². The van der Waals surface area contributed by atoms with Crippen LogP contribution in [0.25, 0.3) is 5.69 Å². The van der Waals surface area contributed by atoms with Crippen LogP contribution in [-0.4, -0.2) is 9.78 Å². The molecule has 18 heavy (non-hydrogen) atoms. The van der Waals surface area contributed by atoms with E-state index in [4.69, 9.17) is 0 Å². The maximum Gasteiger partial charge on any atom is 0.416 e. The zero-order chi connectivity index (χ0) is 13.3. The van der Waals surface area contributed by atoms with E-state index in [1.807, 2.05) is 0 Å². The van der Waals surface area contributed by atoms with Crippen molar-refractivity contribution in [1.82, 2.24) is 9.78 Å². The minimum absolute atomic E-state index is 0.0803. The molecule has 1 heterocycles. The van der Waals surface area contributed by atoms with Gasteiger partial charge in [-0.3, -0.25) is 0 Å². The molecule has 0 aliphatic rings. The number of hydrogen-bond donors (Lipinski definition) is 0. The van der Waals surface area contributed by atoms with Gasteiger partial charge in [-0.25, -0.2) is 13.5 Å². The second kappa shape index (κ2) is 4.40. The van der Waals surface area contributed by atoms with Crippen LogP contribution in [0.1, 0.15) is 17.7 Å². The summed E-state index contributed by atoms with van der Waals surface area (Å²) < 4.78 is 63.0. The van der Waals surface area contributed by atoms with Crippen LogP contribution in [0.2, 0.25) is 0 Å². The summed E-state index contributed by atoms with van der Waals surface area (Å²) in [6.45, 7) is 0. The van der Waals surface area contributed by atoms with E-state index in [1.165, 1.54) is 18.3 Å². The fraction of sp³-hybridized carbons (Fsp3) is 0.182. The molecule has 1 aromatic heterocycles. The molecule has 0 saturated heterocycles. The number of hydrogen-bond acceptors (Lipinski definition) is 1. The molecule has 2 aromatic rings. The topological polar surface area (TPSA) is 17.8 Å². The lowest BCUT2D eigenvalue weighted by Gasteiger charge is -2.08. The van der Waals surface area contributed by atoms with E-state index in [9.17, 15) is 22.0 Å². The van der Waals surface area contributed by atoms with Gasteiger partial charge < -0.3 is 0 Å². The molecule has 0 aliphatic carbocycles. The van der Waals surface area contributed by atoms with Crippen molar-refractivity contribution in [3.63, 3.8) is 0 Å². The molecule has 96 valence electrons. The van der Waals surface area contributed by atoms with Gasteiger partial charge in [0.1, 0.15) is 5.69 Å². The van der Waals surface area contributed by atoms with Crippen molar-refractivity contribution in [1.29, 1.82) is 0 Å². The zero-order valence-corrected chi connectivity index (χ0v) is 8.83. The molecule has 0 unspecified atom stereocenters. The monoisotopic (exact) mass is 262 g/mol. The number of alkyl halides is 5. The van der Waals surface area contributed by atoms with E-state index in [0.29, 0.717) is 0 Å². The lowest BCUT2D eigenvalue weighted by Crippen LogP contribution is -2.06. The Kier molecular flexibility index (Phi) is 3.06. The van der Waals surface area contributed by atoms with E-state index in [1.54, 1.807) is 0 Å². The maximum atomic E-state index is 12.5. The molecule has 0 amide bonds. The highest BCUT2D eigenvalue weighted by Gasteiger charge is 2.30. The van der Waals surface area contributed by atoms with Crippen molar-refractivity contribution in [2.45, 2.75) is 12.6 Å². The molecule has 2 rings (SSSR count). The molecule has 0 radical (unpaired) electrons. The van der Waals surface area contributed by atoms with Crippen molar-refractivity contribution in [2.75, 3.05) is 0 Å². The van der Waals surface area contributed by atoms with Gasteiger partial charge in [0.2, 0.25) is 0 Å². The molecule has 0 fully saturated rings. The SMILES string of the molecule is FC(F)c1ccn(-c2cccc(C(F)(F)F)c2)n1. The number of halogens is 5. The zero-order valence-electron chi connectivity index (χ0n) is 8.83. The van der Waals surface area contributed by atoms with E-state index in [2.05, 4.69) is 5.10 Å². The third kappa shape index (κ3) is 2.49. The fourth-order valence-electron chi connectivity index (χ4n) is 1.42. The minimum Gasteiger partial charge on any atom is -0.241 e. The van der Waals surface area contributed by atoms with Crippen molar-refractivity contribution in [3.05, 3.63) is 47.8 Å². The van der Waals surface area contributed by atoms with Crippen molar-refractivity contribution >= 4 is 0 Å². The Balaban J connectivity index is 2.38. The van der Waals surface area contributed by atoms with Crippen LogP contribution >= 0.6 is 0 Å². The average molecular weight is 262 g/mol. The van der Waals surface area contributed by atoms with E-state index >= 15 is 0 Å². The first-order chi connectivity index (χ1) is 8.38. The Morgan fingerprint density at radius 1 is 1.11 bits per heavy atom. The van der Waals surface area contributed by atoms with E-state index < -0.39 is 23.9 Å². The molecule has 0 aliphatic heterocycles. The molecular weight excluding hydrogens is 255 g/mol. The van der Waals surface area contributed by atoms with Gasteiger partial charge >= 0.3 is 6.18 Å². The van der Waals surface area contributed by atoms with Crippen molar-refractivity contribution in [2.24, 2.45) is 0 Å². The third-order valence-corrected chi connectivity index (χ3v) is 2.27. The van der Waals surface area contributed by atoms with Crippen LogP contribution in [0.3, 0.4) is 0 Å². The average Bonchev–Trinajstić information content (AvgIpc) is 2.77. The van der Waals surface area contributed by atoms with Crippen LogP contribution in [0.4, 0.5) is 22.0 Å². The summed E-state index contributed by atoms with van der Waals surface area (Å²) in [6.07, 6.45) is -6.04. The van der Waals surface area contributed by atoms with Gasteiger partial charge in [0, 0.05) is 6.20 Å². The summed E-state index contributed by atoms with van der Waals surface area (Å²) >= 11 is 0. The minimum atomic E-state index is -4.48. The molecule has 7 heteroatoms. The largest absolute Gasteiger partial charge is 0.416 e. The van der Waals surface area contributed by atoms with Gasteiger partial charge in [-0.2, -0.15) is 18.3 Å². The van der Waals surface area contributed by atoms with E-state index in [0.717, 1.165) is 22.9 Å². The standard InChI is InChI=1S/C11H7F5N2/c12-10(13)9-4-5-18(17-9)8-3-1-2-7(6-8)11(14,15)16/h1-6,10H. The van der Waals surface area contributed by atoms with Gasteiger partial charge in [-0.15, -0.1) is 0 Å². The molecule has 2 nitrogen and oxygen atoms in total. The van der Waals surface area contributed by atoms with Crippen molar-refractivity contribution in [3.8, 4) is 5.69 Å². The van der Waals surface area contributed by atoms with Crippen LogP contribution in [0, 0.1) is 0 Å². The lowest BCUT2D eigenvalue weighted by atomic mass is 10.2. The van der Waals surface area contributed by atoms with Gasteiger partial charge in [-0.1, -0.05) is 6.07 Å². The summed E-state index contributed by atoms with van der Waals surface area (Å²) in [5, 5.41) is 3.50. The van der Waals surface area contributed by atoms with E-state index in [-0.39, 0.29) is 5.69 Å². The molecule has 0 atom stereocenters. The Morgan fingerprint density at radius 3 is 2.39 bits per heavy atom. The lowest BCUT2D eigenvalue weighted by molar-refractivity contribution is -0.137. The van der Waals surface area contributed by atoms with Crippen LogP contribution in [0.15, 0.2) is 36.5 Å². The first-order valence-corrected chi connectivity index (χ1v) is 4.89. The number of aromatic nitrogens is 2. The van der Waals surface area contributed by atoms with Crippen LogP contribution in [-0.2, 0) is 6.18 Å². The second-order valence-corrected chi connectivity index (χ2v) is 3.53. The van der Waals surface area contributed by atoms with Gasteiger partial charge in [-0.05, 0) is 24.3 Å². The second-order valence-electron chi connectivity index (χ2n) is 3.53. The number of benzene rings is 1. The smallest absolute Gasteiger partial charge is 0.241 e. The Morgan fingerprint density at radius 2 is 1.83 bits per heavy atom. The van der Waals surface area contributed by atoms with Crippen LogP contribution < -0.4 is 0 Å².